The van der Waals surface area contributed by atoms with Gasteiger partial charge in [-0.15, -0.1) is 11.8 Å². The molecule has 0 radical (unpaired) electrons. The van der Waals surface area contributed by atoms with E-state index in [-0.39, 0.29) is 5.97 Å². The van der Waals surface area contributed by atoms with Crippen molar-refractivity contribution in [1.29, 1.82) is 0 Å². The van der Waals surface area contributed by atoms with Crippen LogP contribution >= 0.6 is 11.8 Å². The lowest BCUT2D eigenvalue weighted by atomic mass is 9.94. The topological polar surface area (TPSA) is 26.3 Å². The minimum absolute atomic E-state index is 0.206. The maximum atomic E-state index is 11.1. The molecule has 0 fully saturated rings. The number of carbonyl (C=O) groups is 1. The zero-order valence-corrected chi connectivity index (χ0v) is 8.20. The fourth-order valence-electron chi connectivity index (χ4n) is 0.569. The second kappa shape index (κ2) is 4.44. The first-order chi connectivity index (χ1) is 5.04. The molecule has 0 unspecified atom stereocenters. The van der Waals surface area contributed by atoms with Crippen molar-refractivity contribution in [2.45, 2.75) is 13.8 Å². The van der Waals surface area contributed by atoms with E-state index in [4.69, 9.17) is 0 Å². The maximum absolute atomic E-state index is 11.1. The van der Waals surface area contributed by atoms with Gasteiger partial charge in [-0.2, -0.15) is 0 Å². The van der Waals surface area contributed by atoms with E-state index in [1.54, 1.807) is 11.8 Å². The molecule has 0 aliphatic carbocycles. The predicted octanol–water partition coefficient (Wildman–Crippen LogP) is 2.06. The first-order valence-electron chi connectivity index (χ1n) is 3.33. The van der Waals surface area contributed by atoms with E-state index in [1.165, 1.54) is 7.11 Å². The fraction of sp³-hybridized carbons (Fsp3) is 0.625. The molecule has 0 N–H and O–H groups in total. The van der Waals surface area contributed by atoms with Crippen LogP contribution in [0.2, 0.25) is 0 Å². The number of rotatable bonds is 3. The Labute approximate surface area is 72.0 Å². The van der Waals surface area contributed by atoms with Crippen molar-refractivity contribution < 1.29 is 9.53 Å². The van der Waals surface area contributed by atoms with E-state index in [9.17, 15) is 4.79 Å². The van der Waals surface area contributed by atoms with Crippen LogP contribution < -0.4 is 0 Å². The molecule has 0 bridgehead atoms. The van der Waals surface area contributed by atoms with Crippen LogP contribution in [0.5, 0.6) is 0 Å². The molecule has 0 rings (SSSR count). The number of ether oxygens (including phenoxy) is 1. The molecule has 3 heteroatoms. The summed E-state index contributed by atoms with van der Waals surface area (Å²) in [7, 11) is 1.40. The highest BCUT2D eigenvalue weighted by atomic mass is 32.2. The Morgan fingerprint density at radius 1 is 1.55 bits per heavy atom. The SMILES string of the molecule is COC(=O)C(C)(C)/C=C/SC. The minimum atomic E-state index is -0.502. The number of methoxy groups -OCH3 is 1. The molecule has 0 spiro atoms. The zero-order valence-electron chi connectivity index (χ0n) is 7.38. The third-order valence-electron chi connectivity index (χ3n) is 1.33. The number of hydrogen-bond donors (Lipinski definition) is 0. The summed E-state index contributed by atoms with van der Waals surface area (Å²) in [6.07, 6.45) is 3.79. The van der Waals surface area contributed by atoms with Crippen molar-refractivity contribution >= 4 is 17.7 Å². The highest BCUT2D eigenvalue weighted by Gasteiger charge is 2.24. The highest BCUT2D eigenvalue weighted by Crippen LogP contribution is 2.19. The summed E-state index contributed by atoms with van der Waals surface area (Å²) in [4.78, 5) is 11.1. The van der Waals surface area contributed by atoms with Crippen LogP contribution in [0, 0.1) is 5.41 Å². The van der Waals surface area contributed by atoms with Crippen LogP contribution in [0.1, 0.15) is 13.8 Å². The summed E-state index contributed by atoms with van der Waals surface area (Å²) in [6.45, 7) is 3.65. The largest absolute Gasteiger partial charge is 0.468 e. The smallest absolute Gasteiger partial charge is 0.315 e. The second-order valence-electron chi connectivity index (χ2n) is 2.75. The summed E-state index contributed by atoms with van der Waals surface area (Å²) in [5.74, 6) is -0.206. The highest BCUT2D eigenvalue weighted by molar-refractivity contribution is 8.01. The lowest BCUT2D eigenvalue weighted by Gasteiger charge is -2.15. The third kappa shape index (κ3) is 3.46. The average Bonchev–Trinajstić information content (AvgIpc) is 1.99. The molecule has 0 aromatic rings. The summed E-state index contributed by atoms with van der Waals surface area (Å²) in [6, 6.07) is 0. The molecule has 0 saturated heterocycles. The fourth-order valence-corrected chi connectivity index (χ4v) is 1.05. The Balaban J connectivity index is 4.20. The second-order valence-corrected chi connectivity index (χ2v) is 3.50. The molecule has 0 aromatic carbocycles. The Hall–Kier alpha value is -0.440. The lowest BCUT2D eigenvalue weighted by molar-refractivity contribution is -0.148. The molecule has 64 valence electrons. The molecule has 0 aliphatic rings. The maximum Gasteiger partial charge on any atom is 0.315 e. The van der Waals surface area contributed by atoms with Crippen molar-refractivity contribution in [3.63, 3.8) is 0 Å². The molecule has 0 atom stereocenters. The van der Waals surface area contributed by atoms with Gasteiger partial charge in [-0.05, 0) is 25.5 Å². The standard InChI is InChI=1S/C8H14O2S/c1-8(2,5-6-11-4)7(9)10-3/h5-6H,1-4H3/b6-5+. The minimum Gasteiger partial charge on any atom is -0.468 e. The number of hydrogen-bond acceptors (Lipinski definition) is 3. The summed E-state index contributed by atoms with van der Waals surface area (Å²) < 4.78 is 4.61. The van der Waals surface area contributed by atoms with Gasteiger partial charge in [0.2, 0.25) is 0 Å². The Bertz CT molecular complexity index is 161. The van der Waals surface area contributed by atoms with Crippen LogP contribution in [0.25, 0.3) is 0 Å². The van der Waals surface area contributed by atoms with Crippen LogP contribution in [-0.4, -0.2) is 19.3 Å². The van der Waals surface area contributed by atoms with Gasteiger partial charge in [0.15, 0.2) is 0 Å². The van der Waals surface area contributed by atoms with E-state index in [0.717, 1.165) is 0 Å². The van der Waals surface area contributed by atoms with Crippen molar-refractivity contribution in [1.82, 2.24) is 0 Å². The summed E-state index contributed by atoms with van der Waals surface area (Å²) >= 11 is 1.57. The molecule has 0 amide bonds. The quantitative estimate of drug-likeness (QED) is 0.613. The average molecular weight is 174 g/mol. The number of carbonyl (C=O) groups excluding carboxylic acids is 1. The molecule has 0 heterocycles. The Morgan fingerprint density at radius 2 is 2.09 bits per heavy atom. The first kappa shape index (κ1) is 10.6. The van der Waals surface area contributed by atoms with E-state index in [0.29, 0.717) is 0 Å². The molecular weight excluding hydrogens is 160 g/mol. The van der Waals surface area contributed by atoms with Gasteiger partial charge in [0, 0.05) is 0 Å². The monoisotopic (exact) mass is 174 g/mol. The van der Waals surface area contributed by atoms with Crippen molar-refractivity contribution in [2.75, 3.05) is 13.4 Å². The Kier molecular flexibility index (Phi) is 4.26. The molecular formula is C8H14O2S. The van der Waals surface area contributed by atoms with Gasteiger partial charge in [0.25, 0.3) is 0 Å². The molecule has 0 aliphatic heterocycles. The predicted molar refractivity (Wildman–Crippen MR) is 48.5 cm³/mol. The van der Waals surface area contributed by atoms with Crippen molar-refractivity contribution in [2.24, 2.45) is 5.41 Å². The van der Waals surface area contributed by atoms with Crippen LogP contribution in [0.15, 0.2) is 11.5 Å². The van der Waals surface area contributed by atoms with Gasteiger partial charge in [-0.1, -0.05) is 6.08 Å². The van der Waals surface area contributed by atoms with Gasteiger partial charge in [0.05, 0.1) is 12.5 Å². The number of esters is 1. The summed E-state index contributed by atoms with van der Waals surface area (Å²) in [5.41, 5.74) is -0.502. The molecule has 0 saturated carbocycles. The molecule has 0 aromatic heterocycles. The first-order valence-corrected chi connectivity index (χ1v) is 4.62. The van der Waals surface area contributed by atoms with E-state index >= 15 is 0 Å². The summed E-state index contributed by atoms with van der Waals surface area (Å²) in [5, 5.41) is 1.89. The van der Waals surface area contributed by atoms with Crippen LogP contribution in [-0.2, 0) is 9.53 Å². The molecule has 2 nitrogen and oxygen atoms in total. The third-order valence-corrected chi connectivity index (χ3v) is 1.74. The van der Waals surface area contributed by atoms with Gasteiger partial charge in [0.1, 0.15) is 0 Å². The van der Waals surface area contributed by atoms with Gasteiger partial charge in [-0.3, -0.25) is 4.79 Å². The van der Waals surface area contributed by atoms with Gasteiger partial charge < -0.3 is 4.74 Å². The zero-order chi connectivity index (χ0) is 8.91. The van der Waals surface area contributed by atoms with E-state index < -0.39 is 5.41 Å². The van der Waals surface area contributed by atoms with Crippen LogP contribution in [0.3, 0.4) is 0 Å². The van der Waals surface area contributed by atoms with Crippen molar-refractivity contribution in [3.8, 4) is 0 Å². The van der Waals surface area contributed by atoms with Gasteiger partial charge in [-0.25, -0.2) is 0 Å². The molecule has 11 heavy (non-hydrogen) atoms. The van der Waals surface area contributed by atoms with Crippen molar-refractivity contribution in [3.05, 3.63) is 11.5 Å². The van der Waals surface area contributed by atoms with Crippen LogP contribution in [0.4, 0.5) is 0 Å². The number of thioether (sulfide) groups is 1. The van der Waals surface area contributed by atoms with Gasteiger partial charge >= 0.3 is 5.97 Å². The Morgan fingerprint density at radius 3 is 2.45 bits per heavy atom. The normalized spacial score (nSPS) is 12.0. The van der Waals surface area contributed by atoms with E-state index in [2.05, 4.69) is 4.74 Å². The van der Waals surface area contributed by atoms with E-state index in [1.807, 2.05) is 31.6 Å². The lowest BCUT2D eigenvalue weighted by Crippen LogP contribution is -2.22.